The molecule has 1 N–H and O–H groups in total. The van der Waals surface area contributed by atoms with Gasteiger partial charge in [-0.2, -0.15) is 5.26 Å². The Morgan fingerprint density at radius 3 is 2.88 bits per heavy atom. The molecular weight excluding hydrogens is 200 g/mol. The van der Waals surface area contributed by atoms with E-state index in [-0.39, 0.29) is 5.41 Å². The van der Waals surface area contributed by atoms with Crippen LogP contribution in [0.25, 0.3) is 0 Å². The van der Waals surface area contributed by atoms with Crippen molar-refractivity contribution in [3.63, 3.8) is 0 Å². The SMILES string of the molecule is CC(C)(C#N)CCCN1CCC(CCO)C1. The van der Waals surface area contributed by atoms with Crippen molar-refractivity contribution in [3.05, 3.63) is 0 Å². The van der Waals surface area contributed by atoms with Gasteiger partial charge in [0.1, 0.15) is 0 Å². The number of nitriles is 1. The fourth-order valence-electron chi connectivity index (χ4n) is 2.33. The molecule has 1 unspecified atom stereocenters. The summed E-state index contributed by atoms with van der Waals surface area (Å²) in [5.74, 6) is 0.689. The third-order valence-electron chi connectivity index (χ3n) is 3.49. The van der Waals surface area contributed by atoms with E-state index < -0.39 is 0 Å². The third-order valence-corrected chi connectivity index (χ3v) is 3.49. The lowest BCUT2D eigenvalue weighted by molar-refractivity contribution is 0.247. The van der Waals surface area contributed by atoms with Gasteiger partial charge in [-0.3, -0.25) is 0 Å². The van der Waals surface area contributed by atoms with Crippen LogP contribution in [0.3, 0.4) is 0 Å². The average molecular weight is 224 g/mol. The van der Waals surface area contributed by atoms with Gasteiger partial charge in [0, 0.05) is 13.2 Å². The molecule has 0 aliphatic carbocycles. The molecule has 0 bridgehead atoms. The minimum atomic E-state index is -0.176. The highest BCUT2D eigenvalue weighted by molar-refractivity contribution is 4.91. The minimum Gasteiger partial charge on any atom is -0.396 e. The van der Waals surface area contributed by atoms with Crippen molar-refractivity contribution in [1.29, 1.82) is 5.26 Å². The number of nitrogens with zero attached hydrogens (tertiary/aromatic N) is 2. The first kappa shape index (κ1) is 13.5. The normalized spacial score (nSPS) is 22.2. The van der Waals surface area contributed by atoms with Crippen LogP contribution in [0.4, 0.5) is 0 Å². The molecule has 1 rings (SSSR count). The third kappa shape index (κ3) is 4.51. The van der Waals surface area contributed by atoms with E-state index in [1.807, 2.05) is 13.8 Å². The summed E-state index contributed by atoms with van der Waals surface area (Å²) in [6.45, 7) is 7.73. The first-order valence-electron chi connectivity index (χ1n) is 6.32. The van der Waals surface area contributed by atoms with Crippen molar-refractivity contribution in [2.24, 2.45) is 11.3 Å². The summed E-state index contributed by atoms with van der Waals surface area (Å²) < 4.78 is 0. The second-order valence-electron chi connectivity index (χ2n) is 5.57. The molecule has 1 heterocycles. The zero-order valence-electron chi connectivity index (χ0n) is 10.6. The Bertz CT molecular complexity index is 245. The molecule has 1 aliphatic rings. The molecule has 3 nitrogen and oxygen atoms in total. The van der Waals surface area contributed by atoms with Gasteiger partial charge in [-0.15, -0.1) is 0 Å². The molecule has 0 spiro atoms. The molecule has 0 aromatic heterocycles. The molecule has 1 aliphatic heterocycles. The highest BCUT2D eigenvalue weighted by Gasteiger charge is 2.22. The first-order valence-corrected chi connectivity index (χ1v) is 6.32. The zero-order chi connectivity index (χ0) is 12.0. The molecule has 1 saturated heterocycles. The van der Waals surface area contributed by atoms with E-state index >= 15 is 0 Å². The van der Waals surface area contributed by atoms with Gasteiger partial charge in [-0.05, 0) is 58.5 Å². The molecule has 92 valence electrons. The molecule has 3 heteroatoms. The van der Waals surface area contributed by atoms with E-state index in [9.17, 15) is 0 Å². The van der Waals surface area contributed by atoms with Gasteiger partial charge in [-0.1, -0.05) is 0 Å². The fourth-order valence-corrected chi connectivity index (χ4v) is 2.33. The molecule has 0 aromatic carbocycles. The summed E-state index contributed by atoms with van der Waals surface area (Å²) in [6, 6.07) is 2.34. The van der Waals surface area contributed by atoms with E-state index in [1.165, 1.54) is 6.42 Å². The molecule has 0 radical (unpaired) electrons. The van der Waals surface area contributed by atoms with E-state index in [1.54, 1.807) is 0 Å². The largest absolute Gasteiger partial charge is 0.396 e. The van der Waals surface area contributed by atoms with Crippen LogP contribution in [0.15, 0.2) is 0 Å². The number of aliphatic hydroxyl groups excluding tert-OH is 1. The Kier molecular flexibility index (Phi) is 5.24. The van der Waals surface area contributed by atoms with Gasteiger partial charge >= 0.3 is 0 Å². The molecule has 1 atom stereocenters. The smallest absolute Gasteiger partial charge is 0.0683 e. The molecule has 0 amide bonds. The Hall–Kier alpha value is -0.590. The van der Waals surface area contributed by atoms with Gasteiger partial charge < -0.3 is 10.0 Å². The summed E-state index contributed by atoms with van der Waals surface area (Å²) in [5, 5.41) is 17.8. The second-order valence-corrected chi connectivity index (χ2v) is 5.57. The summed E-state index contributed by atoms with van der Waals surface area (Å²) >= 11 is 0. The van der Waals surface area contributed by atoms with Crippen LogP contribution in [-0.2, 0) is 0 Å². The van der Waals surface area contributed by atoms with Crippen molar-refractivity contribution < 1.29 is 5.11 Å². The van der Waals surface area contributed by atoms with Gasteiger partial charge in [-0.25, -0.2) is 0 Å². The van der Waals surface area contributed by atoms with Crippen LogP contribution >= 0.6 is 0 Å². The van der Waals surface area contributed by atoms with E-state index in [2.05, 4.69) is 11.0 Å². The number of likely N-dealkylation sites (tertiary alicyclic amines) is 1. The van der Waals surface area contributed by atoms with Crippen molar-refractivity contribution >= 4 is 0 Å². The topological polar surface area (TPSA) is 47.3 Å². The molecule has 0 aromatic rings. The Balaban J connectivity index is 2.14. The van der Waals surface area contributed by atoms with Crippen LogP contribution in [0, 0.1) is 22.7 Å². The fraction of sp³-hybridized carbons (Fsp3) is 0.923. The van der Waals surface area contributed by atoms with E-state index in [0.29, 0.717) is 12.5 Å². The average Bonchev–Trinajstić information content (AvgIpc) is 2.66. The number of aliphatic hydroxyl groups is 1. The second kappa shape index (κ2) is 6.22. The van der Waals surface area contributed by atoms with Crippen LogP contribution in [0.1, 0.15) is 39.5 Å². The van der Waals surface area contributed by atoms with Gasteiger partial charge in [0.25, 0.3) is 0 Å². The van der Waals surface area contributed by atoms with E-state index in [4.69, 9.17) is 10.4 Å². The summed E-state index contributed by atoms with van der Waals surface area (Å²) in [5.41, 5.74) is -0.176. The highest BCUT2D eigenvalue weighted by atomic mass is 16.3. The number of rotatable bonds is 6. The molecule has 0 saturated carbocycles. The highest BCUT2D eigenvalue weighted by Crippen LogP contribution is 2.23. The maximum Gasteiger partial charge on any atom is 0.0683 e. The van der Waals surface area contributed by atoms with Gasteiger partial charge in [0.2, 0.25) is 0 Å². The van der Waals surface area contributed by atoms with Crippen LogP contribution in [0.5, 0.6) is 0 Å². The van der Waals surface area contributed by atoms with Crippen LogP contribution < -0.4 is 0 Å². The predicted octanol–water partition coefficient (Wildman–Crippen LogP) is 2.02. The molecule has 1 fully saturated rings. The summed E-state index contributed by atoms with van der Waals surface area (Å²) in [6.07, 6.45) is 4.25. The Morgan fingerprint density at radius 2 is 2.25 bits per heavy atom. The standard InChI is InChI=1S/C13H24N2O/c1-13(2,11-14)6-3-7-15-8-4-12(10-15)5-9-16/h12,16H,3-10H2,1-2H3. The Morgan fingerprint density at radius 1 is 1.50 bits per heavy atom. The molecule has 16 heavy (non-hydrogen) atoms. The summed E-state index contributed by atoms with van der Waals surface area (Å²) in [4.78, 5) is 2.47. The maximum atomic E-state index is 8.91. The van der Waals surface area contributed by atoms with Crippen molar-refractivity contribution in [3.8, 4) is 6.07 Å². The predicted molar refractivity (Wildman–Crippen MR) is 64.9 cm³/mol. The molecular formula is C13H24N2O. The van der Waals surface area contributed by atoms with Gasteiger partial charge in [0.05, 0.1) is 11.5 Å². The Labute approximate surface area is 99.1 Å². The quantitative estimate of drug-likeness (QED) is 0.751. The van der Waals surface area contributed by atoms with Crippen LogP contribution in [-0.4, -0.2) is 36.2 Å². The van der Waals surface area contributed by atoms with E-state index in [0.717, 1.165) is 38.9 Å². The summed E-state index contributed by atoms with van der Waals surface area (Å²) in [7, 11) is 0. The lowest BCUT2D eigenvalue weighted by atomic mass is 9.90. The van der Waals surface area contributed by atoms with Crippen molar-refractivity contribution in [2.45, 2.75) is 39.5 Å². The number of hydrogen-bond acceptors (Lipinski definition) is 3. The van der Waals surface area contributed by atoms with Gasteiger partial charge in [0.15, 0.2) is 0 Å². The first-order chi connectivity index (χ1) is 7.57. The van der Waals surface area contributed by atoms with Crippen LogP contribution in [0.2, 0.25) is 0 Å². The number of hydrogen-bond donors (Lipinski definition) is 1. The maximum absolute atomic E-state index is 8.91. The van der Waals surface area contributed by atoms with Crippen molar-refractivity contribution in [1.82, 2.24) is 4.90 Å². The lowest BCUT2D eigenvalue weighted by Crippen LogP contribution is -2.23. The minimum absolute atomic E-state index is 0.176. The zero-order valence-corrected chi connectivity index (χ0v) is 10.6. The van der Waals surface area contributed by atoms with Crippen molar-refractivity contribution in [2.75, 3.05) is 26.2 Å². The monoisotopic (exact) mass is 224 g/mol. The lowest BCUT2D eigenvalue weighted by Gasteiger charge is -2.19.